The standard InChI is InChI=1S/C16H17F/c1-12(2)11-13-7-9-14(10-8-13)15-5-3-4-6-16(15)17/h3-10,12H,11H2,1-2H3. The molecule has 0 heterocycles. The normalized spacial score (nSPS) is 10.8. The molecule has 0 saturated carbocycles. The van der Waals surface area contributed by atoms with Gasteiger partial charge in [0, 0.05) is 5.56 Å². The van der Waals surface area contributed by atoms with Crippen LogP contribution in [0, 0.1) is 11.7 Å². The molecule has 88 valence electrons. The van der Waals surface area contributed by atoms with Crippen molar-refractivity contribution in [3.05, 3.63) is 59.9 Å². The molecule has 0 fully saturated rings. The lowest BCUT2D eigenvalue weighted by Gasteiger charge is -2.07. The molecule has 0 aromatic heterocycles. The van der Waals surface area contributed by atoms with Crippen molar-refractivity contribution in [1.82, 2.24) is 0 Å². The summed E-state index contributed by atoms with van der Waals surface area (Å²) in [5, 5.41) is 0. The van der Waals surface area contributed by atoms with Gasteiger partial charge in [-0.2, -0.15) is 0 Å². The molecule has 0 unspecified atom stereocenters. The lowest BCUT2D eigenvalue weighted by atomic mass is 9.99. The third kappa shape index (κ3) is 2.94. The fourth-order valence-electron chi connectivity index (χ4n) is 1.99. The van der Waals surface area contributed by atoms with E-state index in [1.807, 2.05) is 24.3 Å². The van der Waals surface area contributed by atoms with Crippen molar-refractivity contribution in [3.8, 4) is 11.1 Å². The quantitative estimate of drug-likeness (QED) is 0.714. The van der Waals surface area contributed by atoms with E-state index in [4.69, 9.17) is 0 Å². The Labute approximate surface area is 102 Å². The van der Waals surface area contributed by atoms with Gasteiger partial charge in [0.15, 0.2) is 0 Å². The molecular formula is C16H17F. The van der Waals surface area contributed by atoms with Crippen LogP contribution in [-0.4, -0.2) is 0 Å². The highest BCUT2D eigenvalue weighted by molar-refractivity contribution is 5.64. The number of rotatable bonds is 3. The van der Waals surface area contributed by atoms with Crippen molar-refractivity contribution in [2.75, 3.05) is 0 Å². The van der Waals surface area contributed by atoms with E-state index < -0.39 is 0 Å². The third-order valence-corrected chi connectivity index (χ3v) is 2.78. The molecule has 0 amide bonds. The zero-order valence-corrected chi connectivity index (χ0v) is 10.3. The summed E-state index contributed by atoms with van der Waals surface area (Å²) in [4.78, 5) is 0. The molecule has 2 aromatic carbocycles. The SMILES string of the molecule is CC(C)Cc1ccc(-c2ccccc2F)cc1. The van der Waals surface area contributed by atoms with Gasteiger partial charge < -0.3 is 0 Å². The fourth-order valence-corrected chi connectivity index (χ4v) is 1.99. The monoisotopic (exact) mass is 228 g/mol. The van der Waals surface area contributed by atoms with E-state index in [1.54, 1.807) is 6.07 Å². The Bertz CT molecular complexity index is 483. The van der Waals surface area contributed by atoms with Crippen molar-refractivity contribution in [2.24, 2.45) is 5.92 Å². The van der Waals surface area contributed by atoms with Gasteiger partial charge in [-0.1, -0.05) is 56.3 Å². The van der Waals surface area contributed by atoms with Gasteiger partial charge in [-0.05, 0) is 29.5 Å². The number of hydrogen-bond donors (Lipinski definition) is 0. The zero-order valence-electron chi connectivity index (χ0n) is 10.3. The van der Waals surface area contributed by atoms with Crippen molar-refractivity contribution in [3.63, 3.8) is 0 Å². The van der Waals surface area contributed by atoms with E-state index in [0.29, 0.717) is 11.5 Å². The number of hydrogen-bond acceptors (Lipinski definition) is 0. The van der Waals surface area contributed by atoms with E-state index in [1.165, 1.54) is 11.6 Å². The fraction of sp³-hybridized carbons (Fsp3) is 0.250. The maximum atomic E-state index is 13.6. The molecule has 2 rings (SSSR count). The average Bonchev–Trinajstić information content (AvgIpc) is 2.30. The van der Waals surface area contributed by atoms with Crippen LogP contribution in [-0.2, 0) is 6.42 Å². The van der Waals surface area contributed by atoms with Gasteiger partial charge in [0.2, 0.25) is 0 Å². The first-order valence-corrected chi connectivity index (χ1v) is 6.00. The summed E-state index contributed by atoms with van der Waals surface area (Å²) in [5.74, 6) is 0.485. The predicted octanol–water partition coefficient (Wildman–Crippen LogP) is 4.69. The van der Waals surface area contributed by atoms with Crippen LogP contribution in [0.2, 0.25) is 0 Å². The molecule has 0 bridgehead atoms. The van der Waals surface area contributed by atoms with Gasteiger partial charge in [-0.25, -0.2) is 4.39 Å². The second kappa shape index (κ2) is 5.13. The average molecular weight is 228 g/mol. The van der Waals surface area contributed by atoms with Crippen LogP contribution >= 0.6 is 0 Å². The molecule has 0 aliphatic heterocycles. The number of benzene rings is 2. The van der Waals surface area contributed by atoms with E-state index in [2.05, 4.69) is 26.0 Å². The van der Waals surface area contributed by atoms with Crippen LogP contribution in [0.15, 0.2) is 48.5 Å². The highest BCUT2D eigenvalue weighted by Crippen LogP contribution is 2.23. The maximum absolute atomic E-state index is 13.6. The molecule has 1 heteroatoms. The first kappa shape index (κ1) is 11.8. The zero-order chi connectivity index (χ0) is 12.3. The van der Waals surface area contributed by atoms with Crippen LogP contribution < -0.4 is 0 Å². The predicted molar refractivity (Wildman–Crippen MR) is 70.4 cm³/mol. The van der Waals surface area contributed by atoms with Gasteiger partial charge in [0.25, 0.3) is 0 Å². The Kier molecular flexibility index (Phi) is 3.58. The van der Waals surface area contributed by atoms with Gasteiger partial charge in [0.05, 0.1) is 0 Å². The minimum Gasteiger partial charge on any atom is -0.206 e. The first-order chi connectivity index (χ1) is 8.16. The topological polar surface area (TPSA) is 0 Å². The summed E-state index contributed by atoms with van der Waals surface area (Å²) in [6.45, 7) is 4.40. The Hall–Kier alpha value is -1.63. The Morgan fingerprint density at radius 3 is 2.18 bits per heavy atom. The molecule has 0 saturated heterocycles. The first-order valence-electron chi connectivity index (χ1n) is 6.00. The molecule has 0 spiro atoms. The minimum atomic E-state index is -0.163. The number of halogens is 1. The summed E-state index contributed by atoms with van der Waals surface area (Å²) < 4.78 is 13.6. The largest absolute Gasteiger partial charge is 0.206 e. The summed E-state index contributed by atoms with van der Waals surface area (Å²) in [6.07, 6.45) is 1.07. The second-order valence-corrected chi connectivity index (χ2v) is 4.77. The third-order valence-electron chi connectivity index (χ3n) is 2.78. The Balaban J connectivity index is 2.27. The molecule has 0 N–H and O–H groups in total. The summed E-state index contributed by atoms with van der Waals surface area (Å²) in [7, 11) is 0. The van der Waals surface area contributed by atoms with E-state index in [0.717, 1.165) is 12.0 Å². The van der Waals surface area contributed by atoms with Gasteiger partial charge in [0.1, 0.15) is 5.82 Å². The van der Waals surface area contributed by atoms with Crippen LogP contribution in [0.1, 0.15) is 19.4 Å². The molecule has 17 heavy (non-hydrogen) atoms. The van der Waals surface area contributed by atoms with Crippen molar-refractivity contribution >= 4 is 0 Å². The highest BCUT2D eigenvalue weighted by Gasteiger charge is 2.04. The maximum Gasteiger partial charge on any atom is 0.131 e. The van der Waals surface area contributed by atoms with Crippen LogP contribution in [0.25, 0.3) is 11.1 Å². The summed E-state index contributed by atoms with van der Waals surface area (Å²) >= 11 is 0. The molecule has 2 aromatic rings. The van der Waals surface area contributed by atoms with Crippen LogP contribution in [0.4, 0.5) is 4.39 Å². The van der Waals surface area contributed by atoms with Gasteiger partial charge >= 0.3 is 0 Å². The Morgan fingerprint density at radius 2 is 1.59 bits per heavy atom. The molecule has 0 radical (unpaired) electrons. The minimum absolute atomic E-state index is 0.163. The highest BCUT2D eigenvalue weighted by atomic mass is 19.1. The molecule has 0 aliphatic carbocycles. The molecule has 0 nitrogen and oxygen atoms in total. The van der Waals surface area contributed by atoms with Crippen molar-refractivity contribution in [1.29, 1.82) is 0 Å². The lowest BCUT2D eigenvalue weighted by molar-refractivity contribution is 0.631. The van der Waals surface area contributed by atoms with E-state index in [-0.39, 0.29) is 5.82 Å². The van der Waals surface area contributed by atoms with Crippen LogP contribution in [0.5, 0.6) is 0 Å². The van der Waals surface area contributed by atoms with Crippen LogP contribution in [0.3, 0.4) is 0 Å². The van der Waals surface area contributed by atoms with Crippen molar-refractivity contribution < 1.29 is 4.39 Å². The second-order valence-electron chi connectivity index (χ2n) is 4.77. The van der Waals surface area contributed by atoms with E-state index >= 15 is 0 Å². The molecular weight excluding hydrogens is 211 g/mol. The summed E-state index contributed by atoms with van der Waals surface area (Å²) in [6, 6.07) is 15.0. The molecule has 0 atom stereocenters. The Morgan fingerprint density at radius 1 is 0.941 bits per heavy atom. The van der Waals surface area contributed by atoms with Gasteiger partial charge in [-0.15, -0.1) is 0 Å². The molecule has 0 aliphatic rings. The smallest absolute Gasteiger partial charge is 0.131 e. The summed E-state index contributed by atoms with van der Waals surface area (Å²) in [5.41, 5.74) is 2.92. The van der Waals surface area contributed by atoms with E-state index in [9.17, 15) is 4.39 Å². The van der Waals surface area contributed by atoms with Gasteiger partial charge in [-0.3, -0.25) is 0 Å². The lowest BCUT2D eigenvalue weighted by Crippen LogP contribution is -1.93. The van der Waals surface area contributed by atoms with Crippen molar-refractivity contribution in [2.45, 2.75) is 20.3 Å².